The van der Waals surface area contributed by atoms with Crippen molar-refractivity contribution < 1.29 is 22.8 Å². The van der Waals surface area contributed by atoms with Crippen molar-refractivity contribution in [1.82, 2.24) is 4.98 Å². The second-order valence-corrected chi connectivity index (χ2v) is 2.79. The van der Waals surface area contributed by atoms with Gasteiger partial charge in [0.25, 0.3) is 0 Å². The van der Waals surface area contributed by atoms with Crippen LogP contribution in [0, 0.1) is 21.4 Å². The van der Waals surface area contributed by atoms with Gasteiger partial charge in [0.15, 0.2) is 11.9 Å². The lowest BCUT2D eigenvalue weighted by Gasteiger charge is -2.07. The molecule has 0 aliphatic carbocycles. The van der Waals surface area contributed by atoms with Gasteiger partial charge in [-0.2, -0.15) is 5.26 Å². The molecule has 1 heterocycles. The van der Waals surface area contributed by atoms with Crippen molar-refractivity contribution in [1.29, 1.82) is 5.26 Å². The van der Waals surface area contributed by atoms with Crippen molar-refractivity contribution in [3.63, 3.8) is 0 Å². The molecule has 9 heteroatoms. The number of aromatic nitrogens is 1. The summed E-state index contributed by atoms with van der Waals surface area (Å²) in [6.45, 7) is 0. The van der Waals surface area contributed by atoms with E-state index in [1.165, 1.54) is 0 Å². The van der Waals surface area contributed by atoms with E-state index in [1.807, 2.05) is 0 Å². The molecule has 0 aromatic carbocycles. The van der Waals surface area contributed by atoms with E-state index in [9.17, 15) is 23.3 Å². The SMILES string of the molecule is N#CCc1cc(OC(F)(F)F)cnc1[N+](=O)[O-]. The summed E-state index contributed by atoms with van der Waals surface area (Å²) < 4.78 is 39.1. The van der Waals surface area contributed by atoms with E-state index in [0.29, 0.717) is 6.20 Å². The van der Waals surface area contributed by atoms with Gasteiger partial charge in [0.1, 0.15) is 0 Å². The highest BCUT2D eigenvalue weighted by Gasteiger charge is 2.32. The maximum Gasteiger partial charge on any atom is 0.573 e. The molecule has 17 heavy (non-hydrogen) atoms. The van der Waals surface area contributed by atoms with Crippen LogP contribution in [-0.4, -0.2) is 16.3 Å². The van der Waals surface area contributed by atoms with Crippen molar-refractivity contribution in [2.75, 3.05) is 0 Å². The summed E-state index contributed by atoms with van der Waals surface area (Å²) in [7, 11) is 0. The van der Waals surface area contributed by atoms with Crippen molar-refractivity contribution in [2.45, 2.75) is 12.8 Å². The molecule has 0 radical (unpaired) electrons. The van der Waals surface area contributed by atoms with Gasteiger partial charge in [0.05, 0.1) is 18.1 Å². The number of rotatable bonds is 3. The van der Waals surface area contributed by atoms with Crippen LogP contribution in [-0.2, 0) is 6.42 Å². The first-order chi connectivity index (χ1) is 7.83. The molecule has 0 amide bonds. The molecule has 1 rings (SSSR count). The largest absolute Gasteiger partial charge is 0.573 e. The second kappa shape index (κ2) is 4.65. The standard InChI is InChI=1S/C8H4F3N3O3/c9-8(10,11)17-6-3-5(1-2-12)7(13-4-6)14(15)16/h3-4H,1H2. The fourth-order valence-electron chi connectivity index (χ4n) is 1.05. The normalized spacial score (nSPS) is 10.7. The fraction of sp³-hybridized carbons (Fsp3) is 0.250. The summed E-state index contributed by atoms with van der Waals surface area (Å²) in [4.78, 5) is 12.8. The molecule has 6 nitrogen and oxygen atoms in total. The van der Waals surface area contributed by atoms with Crippen LogP contribution in [0.15, 0.2) is 12.3 Å². The number of hydrogen-bond acceptors (Lipinski definition) is 5. The topological polar surface area (TPSA) is 89.0 Å². The number of hydrogen-bond donors (Lipinski definition) is 0. The average Bonchev–Trinajstić information content (AvgIpc) is 2.15. The van der Waals surface area contributed by atoms with Crippen LogP contribution in [0.4, 0.5) is 19.0 Å². The Morgan fingerprint density at radius 1 is 1.59 bits per heavy atom. The molecule has 1 aromatic rings. The molecule has 0 saturated heterocycles. The Hall–Kier alpha value is -2.37. The van der Waals surface area contributed by atoms with E-state index < -0.39 is 29.3 Å². The van der Waals surface area contributed by atoms with E-state index in [-0.39, 0.29) is 5.56 Å². The molecular weight excluding hydrogens is 243 g/mol. The number of nitrogens with zero attached hydrogens (tertiary/aromatic N) is 3. The highest BCUT2D eigenvalue weighted by molar-refractivity contribution is 5.39. The number of alkyl halides is 3. The lowest BCUT2D eigenvalue weighted by Crippen LogP contribution is -2.17. The maximum absolute atomic E-state index is 11.9. The van der Waals surface area contributed by atoms with Crippen LogP contribution in [0.1, 0.15) is 5.56 Å². The summed E-state index contributed by atoms with van der Waals surface area (Å²) in [6, 6.07) is 2.35. The summed E-state index contributed by atoms with van der Waals surface area (Å²) >= 11 is 0. The number of halogens is 3. The molecule has 0 aliphatic rings. The van der Waals surface area contributed by atoms with Crippen LogP contribution in [0.25, 0.3) is 0 Å². The molecule has 0 fully saturated rings. The molecule has 0 bridgehead atoms. The quantitative estimate of drug-likeness (QED) is 0.601. The maximum atomic E-state index is 11.9. The molecule has 0 atom stereocenters. The zero-order valence-electron chi connectivity index (χ0n) is 8.06. The molecule has 0 spiro atoms. The van der Waals surface area contributed by atoms with Gasteiger partial charge >= 0.3 is 12.2 Å². The molecule has 1 aromatic heterocycles. The monoisotopic (exact) mass is 247 g/mol. The van der Waals surface area contributed by atoms with Crippen molar-refractivity contribution in [3.05, 3.63) is 27.9 Å². The minimum absolute atomic E-state index is 0.237. The van der Waals surface area contributed by atoms with Gasteiger partial charge in [-0.05, 0) is 16.0 Å². The summed E-state index contributed by atoms with van der Waals surface area (Å²) in [5, 5.41) is 18.8. The molecule has 0 aliphatic heterocycles. The lowest BCUT2D eigenvalue weighted by atomic mass is 10.2. The summed E-state index contributed by atoms with van der Waals surface area (Å²) in [5.74, 6) is -1.37. The van der Waals surface area contributed by atoms with E-state index in [0.717, 1.165) is 6.07 Å². The van der Waals surface area contributed by atoms with E-state index in [4.69, 9.17) is 5.26 Å². The fourth-order valence-corrected chi connectivity index (χ4v) is 1.05. The van der Waals surface area contributed by atoms with Crippen LogP contribution in [0.3, 0.4) is 0 Å². The molecule has 0 saturated carbocycles. The van der Waals surface area contributed by atoms with Gasteiger partial charge in [0, 0.05) is 0 Å². The third-order valence-corrected chi connectivity index (χ3v) is 1.59. The van der Waals surface area contributed by atoms with Crippen molar-refractivity contribution in [2.24, 2.45) is 0 Å². The Bertz CT molecular complexity index is 481. The lowest BCUT2D eigenvalue weighted by molar-refractivity contribution is -0.390. The number of pyridine rings is 1. The minimum Gasteiger partial charge on any atom is -0.402 e. The van der Waals surface area contributed by atoms with E-state index >= 15 is 0 Å². The molecular formula is C8H4F3N3O3. The Kier molecular flexibility index (Phi) is 3.47. The zero-order valence-corrected chi connectivity index (χ0v) is 8.06. The number of ether oxygens (including phenoxy) is 1. The smallest absolute Gasteiger partial charge is 0.402 e. The van der Waals surface area contributed by atoms with Gasteiger partial charge in [0.2, 0.25) is 0 Å². The zero-order chi connectivity index (χ0) is 13.1. The van der Waals surface area contributed by atoms with Crippen LogP contribution in [0.5, 0.6) is 5.75 Å². The first-order valence-electron chi connectivity index (χ1n) is 4.09. The van der Waals surface area contributed by atoms with Gasteiger partial charge < -0.3 is 14.9 Å². The predicted molar refractivity (Wildman–Crippen MR) is 46.9 cm³/mol. The Morgan fingerprint density at radius 2 is 2.24 bits per heavy atom. The highest BCUT2D eigenvalue weighted by Crippen LogP contribution is 2.26. The number of nitriles is 1. The molecule has 90 valence electrons. The minimum atomic E-state index is -4.91. The summed E-state index contributed by atoms with van der Waals surface area (Å²) in [6.07, 6.45) is -4.77. The predicted octanol–water partition coefficient (Wildman–Crippen LogP) is 1.95. The van der Waals surface area contributed by atoms with Crippen LogP contribution in [0.2, 0.25) is 0 Å². The third-order valence-electron chi connectivity index (χ3n) is 1.59. The van der Waals surface area contributed by atoms with Crippen molar-refractivity contribution >= 4 is 5.82 Å². The number of nitro groups is 1. The third kappa shape index (κ3) is 3.60. The first-order valence-corrected chi connectivity index (χ1v) is 4.09. The van der Waals surface area contributed by atoms with Crippen LogP contribution >= 0.6 is 0 Å². The van der Waals surface area contributed by atoms with E-state index in [1.54, 1.807) is 6.07 Å². The van der Waals surface area contributed by atoms with Crippen molar-refractivity contribution in [3.8, 4) is 11.8 Å². The summed E-state index contributed by atoms with van der Waals surface area (Å²) in [5.41, 5.74) is -0.237. The average molecular weight is 247 g/mol. The van der Waals surface area contributed by atoms with E-state index in [2.05, 4.69) is 9.72 Å². The van der Waals surface area contributed by atoms with Gasteiger partial charge in [-0.25, -0.2) is 0 Å². The Labute approximate surface area is 92.4 Å². The highest BCUT2D eigenvalue weighted by atomic mass is 19.4. The second-order valence-electron chi connectivity index (χ2n) is 2.79. The Balaban J connectivity index is 3.10. The van der Waals surface area contributed by atoms with Gasteiger partial charge in [-0.15, -0.1) is 13.2 Å². The molecule has 0 N–H and O–H groups in total. The Morgan fingerprint density at radius 3 is 2.71 bits per heavy atom. The molecule has 0 unspecified atom stereocenters. The van der Waals surface area contributed by atoms with Gasteiger partial charge in [-0.3, -0.25) is 0 Å². The van der Waals surface area contributed by atoms with Gasteiger partial charge in [-0.1, -0.05) is 0 Å². The first kappa shape index (κ1) is 12.7. The van der Waals surface area contributed by atoms with Crippen LogP contribution < -0.4 is 4.74 Å².